The lowest BCUT2D eigenvalue weighted by Gasteiger charge is -2.33. The molecule has 2 rings (SSSR count). The summed E-state index contributed by atoms with van der Waals surface area (Å²) in [5.74, 6) is 0.539. The van der Waals surface area contributed by atoms with Crippen LogP contribution >= 0.6 is 0 Å². The number of hydrogen-bond acceptors (Lipinski definition) is 4. The van der Waals surface area contributed by atoms with Gasteiger partial charge in [-0.15, -0.1) is 0 Å². The summed E-state index contributed by atoms with van der Waals surface area (Å²) in [6, 6.07) is 2.70. The average molecular weight is 307 g/mol. The zero-order chi connectivity index (χ0) is 15.9. The molecule has 2 amide bonds. The van der Waals surface area contributed by atoms with Crippen molar-refractivity contribution in [2.24, 2.45) is 5.92 Å². The topological polar surface area (TPSA) is 74.6 Å². The summed E-state index contributed by atoms with van der Waals surface area (Å²) < 4.78 is 5.03. The van der Waals surface area contributed by atoms with Crippen molar-refractivity contribution in [2.45, 2.75) is 32.2 Å². The largest absolute Gasteiger partial charge is 0.459 e. The fourth-order valence-corrected chi connectivity index (χ4v) is 2.80. The summed E-state index contributed by atoms with van der Waals surface area (Å²) in [7, 11) is 1.96. The van der Waals surface area contributed by atoms with E-state index in [2.05, 4.69) is 10.6 Å². The molecule has 6 nitrogen and oxygen atoms in total. The number of nitrogens with one attached hydrogen (secondary N) is 2. The van der Waals surface area contributed by atoms with E-state index >= 15 is 0 Å². The van der Waals surface area contributed by atoms with E-state index in [-0.39, 0.29) is 17.6 Å². The van der Waals surface area contributed by atoms with Crippen LogP contribution in [0.5, 0.6) is 0 Å². The van der Waals surface area contributed by atoms with Gasteiger partial charge in [0.15, 0.2) is 5.76 Å². The van der Waals surface area contributed by atoms with Gasteiger partial charge in [-0.2, -0.15) is 0 Å². The van der Waals surface area contributed by atoms with Gasteiger partial charge in [0.2, 0.25) is 5.91 Å². The average Bonchev–Trinajstić information content (AvgIpc) is 3.07. The Morgan fingerprint density at radius 2 is 2.14 bits per heavy atom. The van der Waals surface area contributed by atoms with Crippen molar-refractivity contribution in [1.82, 2.24) is 15.5 Å². The minimum atomic E-state index is -0.536. The number of amides is 2. The van der Waals surface area contributed by atoms with Crippen LogP contribution in [0, 0.1) is 5.92 Å². The van der Waals surface area contributed by atoms with E-state index < -0.39 is 6.04 Å². The fraction of sp³-hybridized carbons (Fsp3) is 0.625. The van der Waals surface area contributed by atoms with Crippen molar-refractivity contribution >= 4 is 11.8 Å². The van der Waals surface area contributed by atoms with E-state index in [1.807, 2.05) is 11.9 Å². The van der Waals surface area contributed by atoms with Crippen molar-refractivity contribution < 1.29 is 14.0 Å². The molecule has 2 heterocycles. The minimum Gasteiger partial charge on any atom is -0.459 e. The Morgan fingerprint density at radius 1 is 1.41 bits per heavy atom. The number of carbonyl (C=O) groups excluding carboxylic acids is 2. The number of furan rings is 1. The first-order valence-corrected chi connectivity index (χ1v) is 7.89. The number of hydrogen-bond donors (Lipinski definition) is 2. The fourth-order valence-electron chi connectivity index (χ4n) is 2.80. The summed E-state index contributed by atoms with van der Waals surface area (Å²) in [6.45, 7) is 4.28. The monoisotopic (exact) mass is 307 g/mol. The lowest BCUT2D eigenvalue weighted by Crippen LogP contribution is -2.49. The molecule has 1 aromatic rings. The number of carbonyl (C=O) groups is 2. The van der Waals surface area contributed by atoms with Crippen LogP contribution in [-0.2, 0) is 4.79 Å². The molecule has 0 bridgehead atoms. The molecule has 0 radical (unpaired) electrons. The molecule has 1 aliphatic rings. The lowest BCUT2D eigenvalue weighted by atomic mass is 9.93. The molecular formula is C16H25N3O3. The standard InChI is InChI=1S/C16H25N3O3/c1-12(18-15(20)14-4-3-11-22-14)16(21)19-9-6-13(7-10-19)5-8-17-2/h3-4,11-13,17H,5-10H2,1-2H3,(H,18,20). The van der Waals surface area contributed by atoms with Crippen LogP contribution in [0.2, 0.25) is 0 Å². The highest BCUT2D eigenvalue weighted by Crippen LogP contribution is 2.20. The predicted molar refractivity (Wildman–Crippen MR) is 83.5 cm³/mol. The summed E-state index contributed by atoms with van der Waals surface area (Å²) in [5.41, 5.74) is 0. The molecule has 22 heavy (non-hydrogen) atoms. The van der Waals surface area contributed by atoms with Gasteiger partial charge in [0.05, 0.1) is 6.26 Å². The van der Waals surface area contributed by atoms with Gasteiger partial charge in [-0.05, 0) is 57.8 Å². The Labute approximate surface area is 131 Å². The molecule has 1 saturated heterocycles. The van der Waals surface area contributed by atoms with E-state index in [0.29, 0.717) is 5.92 Å². The number of piperidine rings is 1. The molecular weight excluding hydrogens is 282 g/mol. The molecule has 1 fully saturated rings. The summed E-state index contributed by atoms with van der Waals surface area (Å²) >= 11 is 0. The smallest absolute Gasteiger partial charge is 0.287 e. The van der Waals surface area contributed by atoms with E-state index in [1.165, 1.54) is 6.26 Å². The Hall–Kier alpha value is -1.82. The van der Waals surface area contributed by atoms with Gasteiger partial charge in [0, 0.05) is 13.1 Å². The second kappa shape index (κ2) is 7.98. The maximum atomic E-state index is 12.4. The second-order valence-corrected chi connectivity index (χ2v) is 5.83. The molecule has 0 aliphatic carbocycles. The highest BCUT2D eigenvalue weighted by Gasteiger charge is 2.27. The summed E-state index contributed by atoms with van der Waals surface area (Å²) in [4.78, 5) is 26.1. The van der Waals surface area contributed by atoms with Crippen LogP contribution in [-0.4, -0.2) is 49.4 Å². The minimum absolute atomic E-state index is 0.0213. The Balaban J connectivity index is 1.78. The third-order valence-corrected chi connectivity index (χ3v) is 4.19. The van der Waals surface area contributed by atoms with Crippen LogP contribution in [0.1, 0.15) is 36.7 Å². The third-order valence-electron chi connectivity index (χ3n) is 4.19. The zero-order valence-electron chi connectivity index (χ0n) is 13.3. The molecule has 1 aromatic heterocycles. The van der Waals surface area contributed by atoms with Crippen molar-refractivity contribution in [2.75, 3.05) is 26.7 Å². The molecule has 0 spiro atoms. The number of likely N-dealkylation sites (tertiary alicyclic amines) is 1. The van der Waals surface area contributed by atoms with E-state index in [1.54, 1.807) is 19.1 Å². The second-order valence-electron chi connectivity index (χ2n) is 5.83. The predicted octanol–water partition coefficient (Wildman–Crippen LogP) is 1.25. The molecule has 6 heteroatoms. The van der Waals surface area contributed by atoms with E-state index in [9.17, 15) is 9.59 Å². The first-order chi connectivity index (χ1) is 10.6. The molecule has 1 unspecified atom stereocenters. The highest BCUT2D eigenvalue weighted by atomic mass is 16.3. The van der Waals surface area contributed by atoms with Gasteiger partial charge in [0.1, 0.15) is 6.04 Å². The van der Waals surface area contributed by atoms with Crippen LogP contribution in [0.4, 0.5) is 0 Å². The molecule has 0 aromatic carbocycles. The van der Waals surface area contributed by atoms with Gasteiger partial charge in [-0.25, -0.2) is 0 Å². The SMILES string of the molecule is CNCCC1CCN(C(=O)C(C)NC(=O)c2ccco2)CC1. The molecule has 122 valence electrons. The first-order valence-electron chi connectivity index (χ1n) is 7.89. The lowest BCUT2D eigenvalue weighted by molar-refractivity contribution is -0.134. The van der Waals surface area contributed by atoms with E-state index in [0.717, 1.165) is 38.9 Å². The van der Waals surface area contributed by atoms with Gasteiger partial charge in [-0.1, -0.05) is 0 Å². The van der Waals surface area contributed by atoms with E-state index in [4.69, 9.17) is 4.42 Å². The van der Waals surface area contributed by atoms with Crippen molar-refractivity contribution in [3.05, 3.63) is 24.2 Å². The number of rotatable bonds is 6. The maximum Gasteiger partial charge on any atom is 0.287 e. The quantitative estimate of drug-likeness (QED) is 0.829. The zero-order valence-corrected chi connectivity index (χ0v) is 13.3. The summed E-state index contributed by atoms with van der Waals surface area (Å²) in [6.07, 6.45) is 4.67. The van der Waals surface area contributed by atoms with Crippen molar-refractivity contribution in [1.29, 1.82) is 0 Å². The van der Waals surface area contributed by atoms with Crippen molar-refractivity contribution in [3.8, 4) is 0 Å². The van der Waals surface area contributed by atoms with Gasteiger partial charge in [0.25, 0.3) is 5.91 Å². The van der Waals surface area contributed by atoms with Gasteiger partial charge in [-0.3, -0.25) is 9.59 Å². The summed E-state index contributed by atoms with van der Waals surface area (Å²) in [5, 5.41) is 5.86. The molecule has 1 aliphatic heterocycles. The van der Waals surface area contributed by atoms with Crippen LogP contribution < -0.4 is 10.6 Å². The first kappa shape index (κ1) is 16.5. The van der Waals surface area contributed by atoms with Crippen LogP contribution in [0.15, 0.2) is 22.8 Å². The molecule has 2 N–H and O–H groups in total. The normalized spacial score (nSPS) is 17.3. The maximum absolute atomic E-state index is 12.4. The van der Waals surface area contributed by atoms with Gasteiger partial charge >= 0.3 is 0 Å². The van der Waals surface area contributed by atoms with Crippen molar-refractivity contribution in [3.63, 3.8) is 0 Å². The molecule has 0 saturated carbocycles. The Kier molecular flexibility index (Phi) is 6.00. The molecule has 1 atom stereocenters. The third kappa shape index (κ3) is 4.34. The van der Waals surface area contributed by atoms with Gasteiger partial charge < -0.3 is 20.0 Å². The Morgan fingerprint density at radius 3 is 2.73 bits per heavy atom. The number of nitrogens with zero attached hydrogens (tertiary/aromatic N) is 1. The highest BCUT2D eigenvalue weighted by molar-refractivity contribution is 5.95. The van der Waals surface area contributed by atoms with Crippen LogP contribution in [0.25, 0.3) is 0 Å². The Bertz CT molecular complexity index is 479. The van der Waals surface area contributed by atoms with Crippen LogP contribution in [0.3, 0.4) is 0 Å².